The van der Waals surface area contributed by atoms with Crippen LogP contribution >= 0.6 is 0 Å². The molecule has 4 N–H and O–H groups in total. The van der Waals surface area contributed by atoms with Gasteiger partial charge >= 0.3 is 12.2 Å². The highest BCUT2D eigenvalue weighted by Gasteiger charge is 2.52. The van der Waals surface area contributed by atoms with Crippen molar-refractivity contribution < 1.29 is 46.9 Å². The second-order valence-corrected chi connectivity index (χ2v) is 24.3. The second kappa shape index (κ2) is 22.7. The van der Waals surface area contributed by atoms with Crippen LogP contribution in [-0.2, 0) is 28.5 Å². The van der Waals surface area contributed by atoms with Gasteiger partial charge in [-0.3, -0.25) is 9.59 Å². The highest BCUT2D eigenvalue weighted by Crippen LogP contribution is 2.52. The molecule has 432 valence electrons. The molecule has 3 aromatic carbocycles. The van der Waals surface area contributed by atoms with Gasteiger partial charge in [-0.2, -0.15) is 0 Å². The predicted octanol–water partition coefficient (Wildman–Crippen LogP) is 9.98. The van der Waals surface area contributed by atoms with Crippen LogP contribution in [0, 0.1) is 35.3 Å². The van der Waals surface area contributed by atoms with E-state index in [-0.39, 0.29) is 65.6 Å². The fraction of sp³-hybridized carbons (Fsp3) is 0.607. The van der Waals surface area contributed by atoms with Crippen molar-refractivity contribution in [2.24, 2.45) is 23.7 Å². The summed E-state index contributed by atoms with van der Waals surface area (Å²) in [5, 5.41) is 5.83. The van der Waals surface area contributed by atoms with Crippen LogP contribution in [0.25, 0.3) is 22.1 Å². The summed E-state index contributed by atoms with van der Waals surface area (Å²) in [6.45, 7) is 3.30. The van der Waals surface area contributed by atoms with E-state index in [9.17, 15) is 19.2 Å². The lowest BCUT2D eigenvalue weighted by Gasteiger charge is -2.36. The molecule has 8 aliphatic rings. The average molecular weight is 1120 g/mol. The van der Waals surface area contributed by atoms with E-state index in [4.69, 9.17) is 28.9 Å². The molecule has 20 heteroatoms. The van der Waals surface area contributed by atoms with Crippen molar-refractivity contribution in [3.63, 3.8) is 0 Å². The Morgan fingerprint density at radius 2 is 1.04 bits per heavy atom. The van der Waals surface area contributed by atoms with Gasteiger partial charge in [-0.1, -0.05) is 25.0 Å². The van der Waals surface area contributed by atoms with Gasteiger partial charge in [0, 0.05) is 57.3 Å². The third-order valence-electron chi connectivity index (χ3n) is 19.9. The maximum atomic E-state index is 16.7. The molecule has 6 saturated heterocycles. The summed E-state index contributed by atoms with van der Waals surface area (Å²) in [5.41, 5.74) is 5.50. The number of carbonyl (C=O) groups excluding carboxylic acids is 4. The molecule has 0 spiro atoms. The number of anilines is 2. The number of carbonyl (C=O) groups is 4. The van der Waals surface area contributed by atoms with Crippen molar-refractivity contribution in [3.8, 4) is 0 Å². The van der Waals surface area contributed by atoms with Crippen LogP contribution in [-0.4, -0.2) is 132 Å². The molecular weight excluding hydrogens is 1040 g/mol. The van der Waals surface area contributed by atoms with E-state index in [1.165, 1.54) is 26.4 Å². The summed E-state index contributed by atoms with van der Waals surface area (Å²) in [5.74, 6) is 0.447. The molecule has 18 nitrogen and oxygen atoms in total. The van der Waals surface area contributed by atoms with Crippen molar-refractivity contribution in [3.05, 3.63) is 82.9 Å². The third kappa shape index (κ3) is 10.1. The lowest BCUT2D eigenvalue weighted by Crippen LogP contribution is -2.55. The lowest BCUT2D eigenvalue weighted by atomic mass is 9.90. The zero-order valence-electron chi connectivity index (χ0n) is 46.5. The van der Waals surface area contributed by atoms with Gasteiger partial charge in [0.2, 0.25) is 11.8 Å². The summed E-state index contributed by atoms with van der Waals surface area (Å²) in [7, 11) is 2.63. The van der Waals surface area contributed by atoms with E-state index in [2.05, 4.69) is 49.8 Å². The van der Waals surface area contributed by atoms with Gasteiger partial charge in [0.25, 0.3) is 0 Å². The minimum Gasteiger partial charge on any atom is -0.453 e. The number of nitrogens with zero attached hydrogens (tertiary/aromatic N) is 6. The number of methoxy groups -OCH3 is 2. The number of benzene rings is 3. The van der Waals surface area contributed by atoms with Crippen molar-refractivity contribution in [1.82, 2.24) is 40.4 Å². The molecule has 81 heavy (non-hydrogen) atoms. The van der Waals surface area contributed by atoms with E-state index in [1.807, 2.05) is 26.8 Å². The van der Waals surface area contributed by atoms with Crippen molar-refractivity contribution in [2.45, 2.75) is 157 Å². The van der Waals surface area contributed by atoms with Crippen LogP contribution in [0.3, 0.4) is 0 Å². The highest BCUT2D eigenvalue weighted by molar-refractivity contribution is 5.88. The first-order valence-electron chi connectivity index (χ1n) is 30.0. The number of alkyl carbamates (subject to hydrolysis) is 2. The number of imidazole rings is 2. The number of halogens is 2. The van der Waals surface area contributed by atoms with Crippen LogP contribution in [0.1, 0.15) is 156 Å². The topological polar surface area (TPSA) is 200 Å². The Morgan fingerprint density at radius 1 is 0.580 bits per heavy atom. The number of rotatable bonds is 12. The molecule has 0 radical (unpaired) electrons. The Labute approximate surface area is 470 Å². The molecule has 0 bridgehead atoms. The summed E-state index contributed by atoms with van der Waals surface area (Å²) in [4.78, 5) is 81.1. The molecule has 2 aromatic heterocycles. The standard InChI is InChI=1S/C61H76F2N10O8/c1-78-60(76)68-53(34-18-24-80-25-19-34)58(74)72-47-10-6-8-36(47)30-51(72)56-64-43-14-12-38(28-45(43)66-56)49-16-17-50(71(49)40-32-41(62)55(42(63)33-40)70-22-4-3-5-23-70)39-13-15-44-46(29-39)67-57(65-44)52-31-37-9-7-11-48(37)73(52)59(75)54(69-61(77)79-2)35-20-26-81-27-21-35/h12-15,28-29,32-37,47-54H,3-11,16-27,30-31H2,1-2H3,(H,64,66)(H,65,67)(H,68,76)(H,69,77)/t36-,37-,47-,48-,49+,50+,51-,52-,53-,54-/m0/s1. The third-order valence-corrected chi connectivity index (χ3v) is 19.9. The molecule has 8 fully saturated rings. The van der Waals surface area contributed by atoms with E-state index >= 15 is 8.78 Å². The molecular formula is C61H76F2N10O8. The van der Waals surface area contributed by atoms with Crippen molar-refractivity contribution >= 4 is 57.4 Å². The quantitative estimate of drug-likeness (QED) is 0.0923. The van der Waals surface area contributed by atoms with Crippen LogP contribution < -0.4 is 20.4 Å². The monoisotopic (exact) mass is 1110 g/mol. The number of nitrogens with one attached hydrogen (secondary N) is 4. The molecule has 4 amide bonds. The Kier molecular flexibility index (Phi) is 15.0. The fourth-order valence-corrected chi connectivity index (χ4v) is 16.0. The molecule has 10 atom stereocenters. The number of piperidine rings is 1. The average Bonchev–Trinajstić information content (AvgIpc) is 4.51. The first-order chi connectivity index (χ1) is 39.5. The lowest BCUT2D eigenvalue weighted by molar-refractivity contribution is -0.140. The number of hydrogen-bond acceptors (Lipinski definition) is 12. The van der Waals surface area contributed by atoms with Gasteiger partial charge < -0.3 is 59.1 Å². The normalized spacial score (nSPS) is 27.9. The summed E-state index contributed by atoms with van der Waals surface area (Å²) in [6, 6.07) is 12.7. The van der Waals surface area contributed by atoms with Gasteiger partial charge in [0.1, 0.15) is 29.4 Å². The number of H-pyrrole nitrogens is 2. The van der Waals surface area contributed by atoms with Crippen molar-refractivity contribution in [2.75, 3.05) is 63.5 Å². The number of ether oxygens (including phenoxy) is 4. The highest BCUT2D eigenvalue weighted by atomic mass is 19.1. The second-order valence-electron chi connectivity index (χ2n) is 24.3. The van der Waals surface area contributed by atoms with Gasteiger partial charge in [-0.15, -0.1) is 0 Å². The van der Waals surface area contributed by atoms with E-state index in [1.54, 1.807) is 0 Å². The number of likely N-dealkylation sites (tertiary alicyclic amines) is 2. The SMILES string of the molecule is COC(=O)N[C@H](C(=O)N1[C@H](c2nc3ccc([C@H]4CC[C@H](c5ccc6nc([C@@H]7C[C@@H]8CCC[C@@H]8N7C(=O)[C@@H](NC(=O)OC)C7CCOCC7)[nH]c6c5)N4c4cc(F)c(N5CCCCC5)c(F)c4)cc3[nH]2)C[C@@H]2CCC[C@@H]21)C1CCOCC1. The smallest absolute Gasteiger partial charge is 0.407 e. The first kappa shape index (κ1) is 53.8. The first-order valence-corrected chi connectivity index (χ1v) is 30.0. The van der Waals surface area contributed by atoms with Crippen LogP contribution in [0.4, 0.5) is 29.7 Å². The van der Waals surface area contributed by atoms with Crippen molar-refractivity contribution in [1.29, 1.82) is 0 Å². The predicted molar refractivity (Wildman–Crippen MR) is 298 cm³/mol. The zero-order chi connectivity index (χ0) is 55.5. The van der Waals surface area contributed by atoms with E-state index in [0.29, 0.717) is 107 Å². The van der Waals surface area contributed by atoms with E-state index in [0.717, 1.165) is 104 Å². The van der Waals surface area contributed by atoms with Crippen LogP contribution in [0.15, 0.2) is 48.5 Å². The summed E-state index contributed by atoms with van der Waals surface area (Å²) in [6.07, 6.45) is 12.9. The molecule has 2 saturated carbocycles. The Bertz CT molecular complexity index is 2960. The van der Waals surface area contributed by atoms with Gasteiger partial charge in [0.05, 0.1) is 60.5 Å². The number of fused-ring (bicyclic) bond motifs is 4. The number of hydrogen-bond donors (Lipinski definition) is 4. The van der Waals surface area contributed by atoms with E-state index < -0.39 is 35.9 Å². The number of aromatic nitrogens is 4. The maximum absolute atomic E-state index is 16.7. The summed E-state index contributed by atoms with van der Waals surface area (Å²) >= 11 is 0. The van der Waals surface area contributed by atoms with Gasteiger partial charge in [-0.25, -0.2) is 28.3 Å². The molecule has 8 heterocycles. The fourth-order valence-electron chi connectivity index (χ4n) is 16.0. The maximum Gasteiger partial charge on any atom is 0.407 e. The zero-order valence-corrected chi connectivity index (χ0v) is 46.5. The Morgan fingerprint density at radius 3 is 1.48 bits per heavy atom. The van der Waals surface area contributed by atoms with Gasteiger partial charge in [0.15, 0.2) is 11.6 Å². The minimum atomic E-state index is -0.758. The largest absolute Gasteiger partial charge is 0.453 e. The Hall–Kier alpha value is -6.54. The molecule has 13 rings (SSSR count). The van der Waals surface area contributed by atoms with Crippen LogP contribution in [0.2, 0.25) is 0 Å². The molecule has 0 unspecified atom stereocenters. The molecule has 6 aliphatic heterocycles. The number of amides is 4. The summed E-state index contributed by atoms with van der Waals surface area (Å²) < 4.78 is 54.8. The molecule has 2 aliphatic carbocycles. The van der Waals surface area contributed by atoms with Gasteiger partial charge in [-0.05, 0) is 168 Å². The number of aromatic amines is 2. The minimum absolute atomic E-state index is 0.0241. The molecule has 5 aromatic rings. The Balaban J connectivity index is 0.826. The van der Waals surface area contributed by atoms with Crippen LogP contribution in [0.5, 0.6) is 0 Å².